The summed E-state index contributed by atoms with van der Waals surface area (Å²) in [7, 11) is 0. The quantitative estimate of drug-likeness (QED) is 0.420. The van der Waals surface area contributed by atoms with Gasteiger partial charge in [0, 0.05) is 0 Å². The maximum atomic E-state index is 13.0. The molecule has 1 atom stereocenters. The van der Waals surface area contributed by atoms with Crippen molar-refractivity contribution in [2.75, 3.05) is 0 Å². The fourth-order valence-electron chi connectivity index (χ4n) is 3.22. The monoisotopic (exact) mass is 431 g/mol. The van der Waals surface area contributed by atoms with Gasteiger partial charge in [-0.05, 0) is 29.8 Å². The number of thiazole rings is 1. The van der Waals surface area contributed by atoms with Crippen LogP contribution in [0.5, 0.6) is 0 Å². The van der Waals surface area contributed by atoms with E-state index in [9.17, 15) is 4.79 Å². The Morgan fingerprint density at radius 2 is 1.83 bits per heavy atom. The van der Waals surface area contributed by atoms with Crippen molar-refractivity contribution in [3.8, 4) is 9.88 Å². The van der Waals surface area contributed by atoms with Gasteiger partial charge in [-0.3, -0.25) is 9.48 Å². The third-order valence-electron chi connectivity index (χ3n) is 4.68. The van der Waals surface area contributed by atoms with Gasteiger partial charge in [0.2, 0.25) is 0 Å². The predicted molar refractivity (Wildman–Crippen MR) is 120 cm³/mol. The molecule has 1 amide bonds. The zero-order valence-electron chi connectivity index (χ0n) is 15.8. The molecule has 0 bridgehead atoms. The van der Waals surface area contributed by atoms with Crippen LogP contribution >= 0.6 is 22.7 Å². The van der Waals surface area contributed by atoms with Crippen LogP contribution < -0.4 is 5.32 Å². The number of para-hydroxylation sites is 1. The molecule has 3 aromatic heterocycles. The molecule has 8 heteroatoms. The van der Waals surface area contributed by atoms with E-state index in [0.29, 0.717) is 11.4 Å². The zero-order valence-corrected chi connectivity index (χ0v) is 17.4. The van der Waals surface area contributed by atoms with E-state index in [1.54, 1.807) is 22.3 Å². The van der Waals surface area contributed by atoms with Crippen molar-refractivity contribution in [3.05, 3.63) is 89.8 Å². The van der Waals surface area contributed by atoms with E-state index in [1.807, 2.05) is 60.7 Å². The fraction of sp³-hybridized carbons (Fsp3) is 0.0909. The summed E-state index contributed by atoms with van der Waals surface area (Å²) in [5.41, 5.74) is 2.00. The second-order valence-corrected chi connectivity index (χ2v) is 8.82. The summed E-state index contributed by atoms with van der Waals surface area (Å²) in [6.45, 7) is 0.506. The van der Waals surface area contributed by atoms with Crippen molar-refractivity contribution in [1.29, 1.82) is 0 Å². The summed E-state index contributed by atoms with van der Waals surface area (Å²) >= 11 is 3.09. The molecule has 5 aromatic rings. The summed E-state index contributed by atoms with van der Waals surface area (Å²) in [5.74, 6) is -0.110. The Kier molecular flexibility index (Phi) is 5.08. The number of thiophene rings is 1. The average molecular weight is 432 g/mol. The van der Waals surface area contributed by atoms with Crippen LogP contribution in [0, 0.1) is 0 Å². The lowest BCUT2D eigenvalue weighted by Crippen LogP contribution is -2.31. The second kappa shape index (κ2) is 8.17. The largest absolute Gasteiger partial charge is 0.343 e. The normalized spacial score (nSPS) is 12.1. The van der Waals surface area contributed by atoms with Crippen LogP contribution in [-0.4, -0.2) is 25.7 Å². The first-order valence-corrected chi connectivity index (χ1v) is 11.0. The van der Waals surface area contributed by atoms with E-state index in [0.717, 1.165) is 25.7 Å². The molecule has 0 radical (unpaired) electrons. The van der Waals surface area contributed by atoms with Crippen LogP contribution in [0.25, 0.3) is 20.1 Å². The van der Waals surface area contributed by atoms with Gasteiger partial charge >= 0.3 is 0 Å². The Morgan fingerprint density at radius 1 is 1.00 bits per heavy atom. The van der Waals surface area contributed by atoms with Gasteiger partial charge < -0.3 is 5.32 Å². The molecular formula is C22H17N5OS2. The molecule has 1 N–H and O–H groups in total. The van der Waals surface area contributed by atoms with Gasteiger partial charge in [0.1, 0.15) is 17.7 Å². The maximum Gasteiger partial charge on any atom is 0.261 e. The Labute approximate surface area is 180 Å². The molecule has 0 fully saturated rings. The van der Waals surface area contributed by atoms with Gasteiger partial charge in [-0.25, -0.2) is 9.97 Å². The number of hydrogen-bond acceptors (Lipinski definition) is 6. The lowest BCUT2D eigenvalue weighted by molar-refractivity contribution is 0.0936. The van der Waals surface area contributed by atoms with E-state index in [1.165, 1.54) is 17.7 Å². The minimum atomic E-state index is -0.214. The van der Waals surface area contributed by atoms with Crippen molar-refractivity contribution in [2.24, 2.45) is 0 Å². The van der Waals surface area contributed by atoms with Crippen molar-refractivity contribution < 1.29 is 4.79 Å². The van der Waals surface area contributed by atoms with Gasteiger partial charge in [0.25, 0.3) is 5.91 Å². The summed E-state index contributed by atoms with van der Waals surface area (Å²) in [5, 5.41) is 8.25. The fourth-order valence-corrected chi connectivity index (χ4v) is 5.15. The number of benzene rings is 2. The lowest BCUT2D eigenvalue weighted by atomic mass is 10.1. The van der Waals surface area contributed by atoms with Gasteiger partial charge in [0.15, 0.2) is 0 Å². The first-order chi connectivity index (χ1) is 14.8. The molecule has 30 heavy (non-hydrogen) atoms. The first kappa shape index (κ1) is 18.7. The highest BCUT2D eigenvalue weighted by atomic mass is 32.1. The maximum absolute atomic E-state index is 13.0. The van der Waals surface area contributed by atoms with Crippen LogP contribution in [-0.2, 0) is 6.54 Å². The zero-order chi connectivity index (χ0) is 20.3. The second-order valence-electron chi connectivity index (χ2n) is 6.70. The minimum absolute atomic E-state index is 0.110. The number of amides is 1. The summed E-state index contributed by atoms with van der Waals surface area (Å²) in [6, 6.07) is 21.6. The number of rotatable bonds is 6. The smallest absolute Gasteiger partial charge is 0.261 e. The van der Waals surface area contributed by atoms with E-state index in [-0.39, 0.29) is 11.9 Å². The molecule has 0 saturated carbocycles. The van der Waals surface area contributed by atoms with Crippen molar-refractivity contribution in [1.82, 2.24) is 25.1 Å². The number of carbonyl (C=O) groups excluding carboxylic acids is 1. The third-order valence-corrected chi connectivity index (χ3v) is 6.97. The van der Waals surface area contributed by atoms with Crippen molar-refractivity contribution in [3.63, 3.8) is 0 Å². The molecule has 6 nitrogen and oxygen atoms in total. The molecule has 0 aliphatic heterocycles. The number of hydrogen-bond donors (Lipinski definition) is 1. The van der Waals surface area contributed by atoms with Crippen molar-refractivity contribution >= 4 is 38.8 Å². The lowest BCUT2D eigenvalue weighted by Gasteiger charge is -2.18. The number of nitrogens with one attached hydrogen (secondary N) is 1. The highest BCUT2D eigenvalue weighted by Crippen LogP contribution is 2.34. The molecule has 0 spiro atoms. The number of nitrogens with zero attached hydrogens (tertiary/aromatic N) is 4. The van der Waals surface area contributed by atoms with E-state index >= 15 is 0 Å². The molecular weight excluding hydrogens is 414 g/mol. The summed E-state index contributed by atoms with van der Waals surface area (Å²) < 4.78 is 2.86. The number of aromatic nitrogens is 4. The average Bonchev–Trinajstić information content (AvgIpc) is 3.53. The van der Waals surface area contributed by atoms with E-state index < -0.39 is 0 Å². The Bertz CT molecular complexity index is 1240. The molecule has 2 aromatic carbocycles. The first-order valence-electron chi connectivity index (χ1n) is 9.40. The van der Waals surface area contributed by atoms with E-state index in [2.05, 4.69) is 21.5 Å². The SMILES string of the molecule is O=C(NC(Cn1cncn1)c1ccccc1)c1ccc(-c2nc3ccccc3s2)s1. The molecule has 0 saturated heterocycles. The molecule has 1 unspecified atom stereocenters. The van der Waals surface area contributed by atoms with Crippen LogP contribution in [0.1, 0.15) is 21.3 Å². The standard InChI is InChI=1S/C22H17N5OS2/c28-21(25-17(12-27-14-23-13-24-27)15-6-2-1-3-7-15)19-10-11-20(29-19)22-26-16-8-4-5-9-18(16)30-22/h1-11,13-14,17H,12H2,(H,25,28). The van der Waals surface area contributed by atoms with Crippen LogP contribution in [0.4, 0.5) is 0 Å². The molecule has 148 valence electrons. The van der Waals surface area contributed by atoms with Crippen LogP contribution in [0.2, 0.25) is 0 Å². The van der Waals surface area contributed by atoms with E-state index in [4.69, 9.17) is 4.98 Å². The van der Waals surface area contributed by atoms with Crippen molar-refractivity contribution in [2.45, 2.75) is 12.6 Å². The summed E-state index contributed by atoms with van der Waals surface area (Å²) in [6.07, 6.45) is 3.14. The van der Waals surface area contributed by atoms with Gasteiger partial charge in [-0.1, -0.05) is 42.5 Å². The molecule has 5 rings (SSSR count). The van der Waals surface area contributed by atoms with Crippen LogP contribution in [0.3, 0.4) is 0 Å². The van der Waals surface area contributed by atoms with Gasteiger partial charge in [-0.15, -0.1) is 22.7 Å². The molecule has 0 aliphatic rings. The summed E-state index contributed by atoms with van der Waals surface area (Å²) in [4.78, 5) is 23.4. The minimum Gasteiger partial charge on any atom is -0.343 e. The highest BCUT2D eigenvalue weighted by molar-refractivity contribution is 7.26. The number of carbonyl (C=O) groups is 1. The highest BCUT2D eigenvalue weighted by Gasteiger charge is 2.19. The Morgan fingerprint density at radius 3 is 2.63 bits per heavy atom. The van der Waals surface area contributed by atoms with Gasteiger partial charge in [0.05, 0.1) is 32.6 Å². The topological polar surface area (TPSA) is 72.7 Å². The molecule has 3 heterocycles. The Hall–Kier alpha value is -3.36. The van der Waals surface area contributed by atoms with Crippen LogP contribution in [0.15, 0.2) is 79.4 Å². The number of fused-ring (bicyclic) bond motifs is 1. The predicted octanol–water partition coefficient (Wildman–Crippen LogP) is 4.79. The van der Waals surface area contributed by atoms with Gasteiger partial charge in [-0.2, -0.15) is 5.10 Å². The Balaban J connectivity index is 1.38. The molecule has 0 aliphatic carbocycles. The third kappa shape index (κ3) is 3.87.